The van der Waals surface area contributed by atoms with Gasteiger partial charge in [-0.05, 0) is 92.1 Å². The van der Waals surface area contributed by atoms with Crippen molar-refractivity contribution < 1.29 is 4.74 Å². The molecule has 0 bridgehead atoms. The quantitative estimate of drug-likeness (QED) is 0.420. The van der Waals surface area contributed by atoms with Gasteiger partial charge in [-0.1, -0.05) is 50.8 Å². The zero-order valence-corrected chi connectivity index (χ0v) is 19.5. The normalized spacial score (nSPS) is 17.9. The molecule has 2 saturated carbocycles. The number of hydrogen-bond acceptors (Lipinski definition) is 3. The molecule has 0 aromatic heterocycles. The molecule has 2 aliphatic carbocycles. The van der Waals surface area contributed by atoms with Crippen molar-refractivity contribution in [3.05, 3.63) is 65.9 Å². The molecular formula is C27H35NOS. The lowest BCUT2D eigenvalue weighted by Crippen LogP contribution is -2.13. The third-order valence-electron chi connectivity index (χ3n) is 6.33. The van der Waals surface area contributed by atoms with Crippen molar-refractivity contribution in [3.63, 3.8) is 0 Å². The van der Waals surface area contributed by atoms with Gasteiger partial charge in [0.25, 0.3) is 0 Å². The Balaban J connectivity index is 1.60. The van der Waals surface area contributed by atoms with Crippen molar-refractivity contribution in [2.75, 3.05) is 0 Å². The van der Waals surface area contributed by atoms with Crippen LogP contribution in [-0.2, 0) is 6.42 Å². The molecule has 0 amide bonds. The predicted octanol–water partition coefficient (Wildman–Crippen LogP) is 7.64. The summed E-state index contributed by atoms with van der Waals surface area (Å²) in [6.07, 6.45) is 8.68. The van der Waals surface area contributed by atoms with E-state index >= 15 is 0 Å². The van der Waals surface area contributed by atoms with Crippen LogP contribution in [0.25, 0.3) is 11.1 Å². The van der Waals surface area contributed by atoms with Gasteiger partial charge < -0.3 is 9.46 Å². The minimum absolute atomic E-state index is 0.355. The minimum Gasteiger partial charge on any atom is -0.490 e. The van der Waals surface area contributed by atoms with Crippen LogP contribution in [0.1, 0.15) is 76.3 Å². The highest BCUT2D eigenvalue weighted by atomic mass is 32.2. The number of benzene rings is 2. The van der Waals surface area contributed by atoms with Gasteiger partial charge in [0.1, 0.15) is 5.75 Å². The van der Waals surface area contributed by atoms with Gasteiger partial charge in [0.15, 0.2) is 0 Å². The van der Waals surface area contributed by atoms with Crippen molar-refractivity contribution in [1.82, 2.24) is 4.72 Å². The van der Waals surface area contributed by atoms with E-state index in [0.717, 1.165) is 17.9 Å². The zero-order valence-electron chi connectivity index (χ0n) is 18.7. The first-order valence-corrected chi connectivity index (χ1v) is 12.3. The van der Waals surface area contributed by atoms with E-state index in [1.54, 1.807) is 0 Å². The first-order chi connectivity index (χ1) is 14.4. The van der Waals surface area contributed by atoms with Crippen LogP contribution >= 0.6 is 11.9 Å². The second-order valence-corrected chi connectivity index (χ2v) is 10.9. The van der Waals surface area contributed by atoms with Gasteiger partial charge in [-0.3, -0.25) is 0 Å². The Bertz CT molecular complexity index is 893. The van der Waals surface area contributed by atoms with E-state index in [4.69, 9.17) is 4.74 Å². The van der Waals surface area contributed by atoms with E-state index < -0.39 is 0 Å². The average molecular weight is 422 g/mol. The highest BCUT2D eigenvalue weighted by Gasteiger charge is 2.38. The largest absolute Gasteiger partial charge is 0.490 e. The fraction of sp³-hybridized carbons (Fsp3) is 0.481. The Kier molecular flexibility index (Phi) is 6.48. The van der Waals surface area contributed by atoms with Gasteiger partial charge in [0.05, 0.1) is 6.10 Å². The lowest BCUT2D eigenvalue weighted by Gasteiger charge is -2.21. The molecule has 0 radical (unpaired) electrons. The molecule has 2 aliphatic rings. The molecule has 1 N–H and O–H groups in total. The second kappa shape index (κ2) is 9.09. The summed E-state index contributed by atoms with van der Waals surface area (Å²) in [5.41, 5.74) is 6.24. The molecule has 30 heavy (non-hydrogen) atoms. The molecule has 0 spiro atoms. The molecule has 3 heteroatoms. The van der Waals surface area contributed by atoms with Crippen LogP contribution < -0.4 is 9.46 Å². The van der Waals surface area contributed by atoms with E-state index in [2.05, 4.69) is 74.5 Å². The van der Waals surface area contributed by atoms with Gasteiger partial charge in [-0.25, -0.2) is 0 Å². The summed E-state index contributed by atoms with van der Waals surface area (Å²) < 4.78 is 10.4. The Morgan fingerprint density at radius 1 is 1.13 bits per heavy atom. The van der Waals surface area contributed by atoms with Crippen LogP contribution in [0.4, 0.5) is 0 Å². The van der Waals surface area contributed by atoms with Crippen molar-refractivity contribution >= 4 is 11.9 Å². The lowest BCUT2D eigenvalue weighted by atomic mass is 9.91. The summed E-state index contributed by atoms with van der Waals surface area (Å²) in [5.74, 6) is 1.49. The van der Waals surface area contributed by atoms with E-state index in [1.807, 2.05) is 11.9 Å². The van der Waals surface area contributed by atoms with Gasteiger partial charge in [-0.2, -0.15) is 0 Å². The summed E-state index contributed by atoms with van der Waals surface area (Å²) in [5, 5.41) is 0. The van der Waals surface area contributed by atoms with E-state index in [1.165, 1.54) is 60.8 Å². The number of rotatable bonds is 9. The summed E-state index contributed by atoms with van der Waals surface area (Å²) in [4.78, 5) is 0. The zero-order chi connectivity index (χ0) is 21.1. The maximum Gasteiger partial charge on any atom is 0.127 e. The minimum atomic E-state index is 0.355. The molecule has 0 unspecified atom stereocenters. The monoisotopic (exact) mass is 421 g/mol. The van der Waals surface area contributed by atoms with Crippen molar-refractivity contribution in [2.24, 2.45) is 0 Å². The highest BCUT2D eigenvalue weighted by molar-refractivity contribution is 7.99. The first-order valence-electron chi connectivity index (χ1n) is 11.4. The number of ether oxygens (including phenoxy) is 1. The van der Waals surface area contributed by atoms with Crippen molar-refractivity contribution in [1.29, 1.82) is 0 Å². The standard InChI is InChI=1S/C27H35NOS/c1-19(2)23-11-7-8-12-24(23)25-18-21(17-20(3)28-30-27(4)15-16-27)13-14-26(25)29-22-9-5-6-10-22/h7-8,11-14,18-19,22,28H,3,5-6,9-10,15-17H2,1-2,4H3. The topological polar surface area (TPSA) is 21.3 Å². The fourth-order valence-electron chi connectivity index (χ4n) is 4.19. The van der Waals surface area contributed by atoms with Crippen LogP contribution in [0.2, 0.25) is 0 Å². The van der Waals surface area contributed by atoms with Gasteiger partial charge >= 0.3 is 0 Å². The molecule has 2 aromatic carbocycles. The van der Waals surface area contributed by atoms with E-state index in [0.29, 0.717) is 16.8 Å². The summed E-state index contributed by atoms with van der Waals surface area (Å²) in [6, 6.07) is 15.5. The predicted molar refractivity (Wildman–Crippen MR) is 130 cm³/mol. The smallest absolute Gasteiger partial charge is 0.127 e. The van der Waals surface area contributed by atoms with Gasteiger partial charge in [-0.15, -0.1) is 0 Å². The van der Waals surface area contributed by atoms with Crippen molar-refractivity contribution in [2.45, 2.75) is 82.5 Å². The van der Waals surface area contributed by atoms with Crippen LogP contribution in [0, 0.1) is 0 Å². The van der Waals surface area contributed by atoms with E-state index in [9.17, 15) is 0 Å². The molecule has 160 valence electrons. The van der Waals surface area contributed by atoms with Crippen molar-refractivity contribution in [3.8, 4) is 16.9 Å². The second-order valence-electron chi connectivity index (χ2n) is 9.53. The molecule has 0 saturated heterocycles. The fourth-order valence-corrected chi connectivity index (χ4v) is 4.96. The maximum absolute atomic E-state index is 6.51. The Morgan fingerprint density at radius 3 is 2.57 bits per heavy atom. The van der Waals surface area contributed by atoms with Crippen LogP contribution in [0.15, 0.2) is 54.7 Å². The summed E-state index contributed by atoms with van der Waals surface area (Å²) >= 11 is 1.83. The lowest BCUT2D eigenvalue weighted by molar-refractivity contribution is 0.211. The van der Waals surface area contributed by atoms with Gasteiger partial charge in [0.2, 0.25) is 0 Å². The maximum atomic E-state index is 6.51. The summed E-state index contributed by atoms with van der Waals surface area (Å²) in [7, 11) is 0. The molecule has 2 aromatic rings. The van der Waals surface area contributed by atoms with Crippen LogP contribution in [0.3, 0.4) is 0 Å². The Labute approximate surface area is 186 Å². The van der Waals surface area contributed by atoms with Crippen LogP contribution in [-0.4, -0.2) is 10.9 Å². The summed E-state index contributed by atoms with van der Waals surface area (Å²) in [6.45, 7) is 11.1. The van der Waals surface area contributed by atoms with Gasteiger partial charge in [0, 0.05) is 22.4 Å². The Morgan fingerprint density at radius 2 is 1.87 bits per heavy atom. The molecule has 4 rings (SSSR count). The average Bonchev–Trinajstić information content (AvgIpc) is 3.25. The number of hydrogen-bond donors (Lipinski definition) is 1. The molecule has 0 atom stereocenters. The molecule has 2 fully saturated rings. The third kappa shape index (κ3) is 5.24. The molecule has 0 heterocycles. The molecular weight excluding hydrogens is 386 g/mol. The van der Waals surface area contributed by atoms with Crippen LogP contribution in [0.5, 0.6) is 5.75 Å². The van der Waals surface area contributed by atoms with E-state index in [-0.39, 0.29) is 0 Å². The SMILES string of the molecule is C=C(Cc1ccc(OC2CCCC2)c(-c2ccccc2C(C)C)c1)NSC1(C)CC1. The molecule has 2 nitrogen and oxygen atoms in total. The number of nitrogens with one attached hydrogen (secondary N) is 1. The third-order valence-corrected chi connectivity index (χ3v) is 7.62. The molecule has 0 aliphatic heterocycles. The first kappa shape index (κ1) is 21.4. The Hall–Kier alpha value is -1.87. The highest BCUT2D eigenvalue weighted by Crippen LogP contribution is 2.46. The number of allylic oxidation sites excluding steroid dienone is 1.